The lowest BCUT2D eigenvalue weighted by Crippen LogP contribution is -2.58. The predicted molar refractivity (Wildman–Crippen MR) is 168 cm³/mol. The van der Waals surface area contributed by atoms with Gasteiger partial charge in [-0.25, -0.2) is 4.98 Å². The third kappa shape index (κ3) is 8.35. The van der Waals surface area contributed by atoms with Crippen LogP contribution in [0.15, 0.2) is 42.5 Å². The third-order valence-corrected chi connectivity index (χ3v) is 9.05. The Morgan fingerprint density at radius 3 is 2.77 bits per heavy atom. The molecule has 0 aliphatic carbocycles. The Labute approximate surface area is 263 Å². The second kappa shape index (κ2) is 15.0. The molecule has 2 aromatic carbocycles. The first-order valence-corrected chi connectivity index (χ1v) is 15.9. The molecule has 3 aromatic rings. The summed E-state index contributed by atoms with van der Waals surface area (Å²) in [6, 6.07) is 13.3. The average molecular weight is 623 g/mol. The minimum atomic E-state index is -0.342. The maximum absolute atomic E-state index is 13.6. The van der Waals surface area contributed by atoms with Gasteiger partial charge in [-0.15, -0.1) is 11.3 Å². The van der Waals surface area contributed by atoms with Crippen molar-refractivity contribution in [1.29, 1.82) is 0 Å². The number of nitrogens with zero attached hydrogens (tertiary/aromatic N) is 3. The van der Waals surface area contributed by atoms with E-state index in [2.05, 4.69) is 15.2 Å². The number of piperidine rings is 1. The summed E-state index contributed by atoms with van der Waals surface area (Å²) in [5.41, 5.74) is 2.85. The number of hydrogen-bond acceptors (Lipinski definition) is 9. The van der Waals surface area contributed by atoms with Crippen LogP contribution in [-0.2, 0) is 38.6 Å². The summed E-state index contributed by atoms with van der Waals surface area (Å²) in [5, 5.41) is 4.19. The average Bonchev–Trinajstić information content (AvgIpc) is 3.32. The number of methoxy groups -OCH3 is 2. The fourth-order valence-electron chi connectivity index (χ4n) is 5.77. The molecule has 1 fully saturated rings. The molecule has 236 valence electrons. The fraction of sp³-hybridized carbons (Fsp3) is 0.485. The van der Waals surface area contributed by atoms with Gasteiger partial charge in [0.05, 0.1) is 49.5 Å². The Morgan fingerprint density at radius 1 is 1.14 bits per heavy atom. The van der Waals surface area contributed by atoms with Crippen LogP contribution in [0.5, 0.6) is 17.2 Å². The summed E-state index contributed by atoms with van der Waals surface area (Å²) >= 11 is 1.56. The SMILES string of the molecule is COCCCN1CC(=O)N[C@H]2CN(C(=O)Cc3sc(C)nc3C)CC[C@H]2OCc2cccc(c2)Oc2cc(ccc2OC)C1. The van der Waals surface area contributed by atoms with Crippen LogP contribution in [0, 0.1) is 13.8 Å². The number of rotatable bonds is 7. The lowest BCUT2D eigenvalue weighted by Gasteiger charge is -2.39. The Balaban J connectivity index is 1.39. The molecule has 0 unspecified atom stereocenters. The van der Waals surface area contributed by atoms with E-state index < -0.39 is 0 Å². The molecule has 3 heterocycles. The number of aromatic nitrogens is 1. The molecule has 0 saturated carbocycles. The number of nitrogens with one attached hydrogen (secondary N) is 1. The lowest BCUT2D eigenvalue weighted by molar-refractivity contribution is -0.137. The number of likely N-dealkylation sites (tertiary alicyclic amines) is 1. The van der Waals surface area contributed by atoms with Crippen LogP contribution in [0.25, 0.3) is 0 Å². The normalized spacial score (nSPS) is 19.5. The molecule has 0 radical (unpaired) electrons. The molecular weight excluding hydrogens is 580 g/mol. The van der Waals surface area contributed by atoms with Crippen molar-refractivity contribution in [2.45, 2.75) is 58.4 Å². The highest BCUT2D eigenvalue weighted by atomic mass is 32.1. The molecule has 4 bridgehead atoms. The van der Waals surface area contributed by atoms with Gasteiger partial charge in [0, 0.05) is 44.8 Å². The van der Waals surface area contributed by atoms with E-state index in [0.717, 1.165) is 33.1 Å². The van der Waals surface area contributed by atoms with Gasteiger partial charge in [0.15, 0.2) is 11.5 Å². The number of aryl methyl sites for hydroxylation is 2. The summed E-state index contributed by atoms with van der Waals surface area (Å²) in [7, 11) is 3.30. The molecule has 10 nitrogen and oxygen atoms in total. The van der Waals surface area contributed by atoms with Crippen LogP contribution >= 0.6 is 11.3 Å². The first-order valence-electron chi connectivity index (χ1n) is 15.1. The minimum absolute atomic E-state index is 0.0398. The number of amides is 2. The number of ether oxygens (including phenoxy) is 4. The third-order valence-electron chi connectivity index (χ3n) is 7.97. The molecule has 2 aliphatic rings. The highest BCUT2D eigenvalue weighted by Gasteiger charge is 2.34. The highest BCUT2D eigenvalue weighted by Crippen LogP contribution is 2.33. The van der Waals surface area contributed by atoms with Crippen LogP contribution in [0.1, 0.15) is 39.5 Å². The van der Waals surface area contributed by atoms with E-state index in [-0.39, 0.29) is 30.5 Å². The zero-order valence-electron chi connectivity index (χ0n) is 26.0. The van der Waals surface area contributed by atoms with E-state index in [0.29, 0.717) is 69.5 Å². The van der Waals surface area contributed by atoms with E-state index in [1.54, 1.807) is 25.6 Å². The molecule has 1 N–H and O–H groups in total. The Hall–Kier alpha value is -3.51. The first-order chi connectivity index (χ1) is 21.3. The number of fused-ring (bicyclic) bond motifs is 5. The van der Waals surface area contributed by atoms with Gasteiger partial charge in [0.25, 0.3) is 0 Å². The molecule has 44 heavy (non-hydrogen) atoms. The van der Waals surface area contributed by atoms with E-state index in [1.165, 1.54) is 0 Å². The molecule has 1 saturated heterocycles. The lowest BCUT2D eigenvalue weighted by atomic mass is 10.0. The van der Waals surface area contributed by atoms with Gasteiger partial charge in [0.1, 0.15) is 5.75 Å². The number of benzene rings is 2. The standard InChI is InChI=1S/C33H42N4O6S/c1-22-31(44-23(2)34-22)17-33(39)37-13-11-28-27(19-37)35-32(38)20-36(12-6-14-40-3)18-24-9-10-29(41-4)30(16-24)43-26-8-5-7-25(15-26)21-42-28/h5,7-10,15-16,27-28H,6,11-14,17-21H2,1-4H3,(H,35,38)/t27-,28+/m0/s1. The monoisotopic (exact) mass is 622 g/mol. The van der Waals surface area contributed by atoms with Crippen LogP contribution in [0.4, 0.5) is 0 Å². The zero-order chi connectivity index (χ0) is 31.1. The van der Waals surface area contributed by atoms with Crippen LogP contribution in [0.2, 0.25) is 0 Å². The topological polar surface area (TPSA) is 102 Å². The second-order valence-corrected chi connectivity index (χ2v) is 12.6. The van der Waals surface area contributed by atoms with Crippen molar-refractivity contribution < 1.29 is 28.5 Å². The Bertz CT molecular complexity index is 1450. The molecule has 5 rings (SSSR count). The molecule has 11 heteroatoms. The summed E-state index contributed by atoms with van der Waals surface area (Å²) < 4.78 is 23.6. The Morgan fingerprint density at radius 2 is 2.00 bits per heavy atom. The van der Waals surface area contributed by atoms with Crippen molar-refractivity contribution in [3.05, 3.63) is 69.2 Å². The quantitative estimate of drug-likeness (QED) is 0.390. The van der Waals surface area contributed by atoms with Crippen LogP contribution in [-0.4, -0.2) is 85.7 Å². The number of carbonyl (C=O) groups is 2. The molecule has 2 atom stereocenters. The van der Waals surface area contributed by atoms with Gasteiger partial charge in [-0.2, -0.15) is 0 Å². The molecule has 2 aliphatic heterocycles. The highest BCUT2D eigenvalue weighted by molar-refractivity contribution is 7.11. The van der Waals surface area contributed by atoms with Crippen LogP contribution < -0.4 is 14.8 Å². The molecular formula is C33H42N4O6S. The van der Waals surface area contributed by atoms with Crippen molar-refractivity contribution in [2.75, 3.05) is 47.0 Å². The smallest absolute Gasteiger partial charge is 0.234 e. The van der Waals surface area contributed by atoms with E-state index in [9.17, 15) is 9.59 Å². The van der Waals surface area contributed by atoms with Crippen molar-refractivity contribution in [1.82, 2.24) is 20.1 Å². The molecule has 2 amide bonds. The maximum Gasteiger partial charge on any atom is 0.234 e. The summed E-state index contributed by atoms with van der Waals surface area (Å²) in [6.45, 7) is 7.21. The molecule has 0 spiro atoms. The number of carbonyl (C=O) groups excluding carboxylic acids is 2. The van der Waals surface area contributed by atoms with Gasteiger partial charge in [-0.3, -0.25) is 14.5 Å². The fourth-order valence-corrected chi connectivity index (χ4v) is 6.70. The second-order valence-electron chi connectivity index (χ2n) is 11.4. The van der Waals surface area contributed by atoms with Gasteiger partial charge < -0.3 is 29.2 Å². The number of thiazole rings is 1. The van der Waals surface area contributed by atoms with E-state index in [4.69, 9.17) is 18.9 Å². The predicted octanol–water partition coefficient (Wildman–Crippen LogP) is 4.26. The largest absolute Gasteiger partial charge is 0.493 e. The molecule has 1 aromatic heterocycles. The first kappa shape index (κ1) is 31.9. The van der Waals surface area contributed by atoms with E-state index >= 15 is 0 Å². The van der Waals surface area contributed by atoms with Crippen LogP contribution in [0.3, 0.4) is 0 Å². The summed E-state index contributed by atoms with van der Waals surface area (Å²) in [5.74, 6) is 1.85. The van der Waals surface area contributed by atoms with Gasteiger partial charge >= 0.3 is 0 Å². The van der Waals surface area contributed by atoms with Gasteiger partial charge in [-0.1, -0.05) is 18.2 Å². The Kier molecular flexibility index (Phi) is 10.9. The van der Waals surface area contributed by atoms with Crippen molar-refractivity contribution in [3.8, 4) is 17.2 Å². The van der Waals surface area contributed by atoms with Gasteiger partial charge in [0.2, 0.25) is 11.8 Å². The minimum Gasteiger partial charge on any atom is -0.493 e. The van der Waals surface area contributed by atoms with Crippen molar-refractivity contribution in [2.24, 2.45) is 0 Å². The van der Waals surface area contributed by atoms with Gasteiger partial charge in [-0.05, 0) is 62.1 Å². The van der Waals surface area contributed by atoms with E-state index in [1.807, 2.05) is 61.2 Å². The van der Waals surface area contributed by atoms with Crippen molar-refractivity contribution >= 4 is 23.2 Å². The number of hydrogen-bond donors (Lipinski definition) is 1. The summed E-state index contributed by atoms with van der Waals surface area (Å²) in [4.78, 5) is 36.3. The summed E-state index contributed by atoms with van der Waals surface area (Å²) in [6.07, 6.45) is 1.47. The van der Waals surface area contributed by atoms with Crippen molar-refractivity contribution in [3.63, 3.8) is 0 Å². The maximum atomic E-state index is 13.6. The zero-order valence-corrected chi connectivity index (χ0v) is 26.8.